The van der Waals surface area contributed by atoms with Crippen molar-refractivity contribution in [1.82, 2.24) is 4.90 Å². The third-order valence-electron chi connectivity index (χ3n) is 7.05. The van der Waals surface area contributed by atoms with E-state index in [2.05, 4.69) is 5.32 Å². The van der Waals surface area contributed by atoms with Crippen LogP contribution >= 0.6 is 11.6 Å². The number of fused-ring (bicyclic) bond motifs is 2. The highest BCUT2D eigenvalue weighted by molar-refractivity contribution is 6.32. The summed E-state index contributed by atoms with van der Waals surface area (Å²) in [6.45, 7) is 0.161. The van der Waals surface area contributed by atoms with E-state index in [1.54, 1.807) is 66.5 Å². The van der Waals surface area contributed by atoms with Crippen molar-refractivity contribution in [3.8, 4) is 11.5 Å². The number of rotatable bonds is 6. The van der Waals surface area contributed by atoms with E-state index in [4.69, 9.17) is 21.1 Å². The number of nitrogens with zero attached hydrogens (tertiary/aromatic N) is 2. The standard InChI is InChI=1S/C26H23ClFN3O5/c1-30-13-17(24(31(33)34)26(30)18-8-4-6-10-21(18)29-25(26)32)16-11-19(27)23(22(12-16)35-2)36-14-15-7-3-5-9-20(15)28/h3-12,17,24H,13-14H2,1-2H3,(H,29,32)/t17-,24+,26+/m0/s1. The van der Waals surface area contributed by atoms with Gasteiger partial charge in [0.05, 0.1) is 18.1 Å². The van der Waals surface area contributed by atoms with Gasteiger partial charge in [0.1, 0.15) is 12.4 Å². The number of methoxy groups -OCH3 is 1. The number of para-hydroxylation sites is 1. The predicted octanol–water partition coefficient (Wildman–Crippen LogP) is 4.59. The van der Waals surface area contributed by atoms with Crippen LogP contribution in [0.5, 0.6) is 11.5 Å². The molecule has 3 atom stereocenters. The van der Waals surface area contributed by atoms with Crippen molar-refractivity contribution in [2.75, 3.05) is 26.0 Å². The Kier molecular flexibility index (Phi) is 6.05. The van der Waals surface area contributed by atoms with Crippen LogP contribution in [0.3, 0.4) is 0 Å². The molecule has 186 valence electrons. The number of hydrogen-bond donors (Lipinski definition) is 1. The topological polar surface area (TPSA) is 93.9 Å². The molecule has 8 nitrogen and oxygen atoms in total. The van der Waals surface area contributed by atoms with Gasteiger partial charge >= 0.3 is 0 Å². The number of amides is 1. The first-order valence-electron chi connectivity index (χ1n) is 11.3. The van der Waals surface area contributed by atoms with Crippen molar-refractivity contribution in [2.45, 2.75) is 24.1 Å². The first-order chi connectivity index (χ1) is 17.3. The van der Waals surface area contributed by atoms with Gasteiger partial charge in [0.15, 0.2) is 17.0 Å². The van der Waals surface area contributed by atoms with E-state index in [1.807, 2.05) is 0 Å². The lowest BCUT2D eigenvalue weighted by Crippen LogP contribution is -2.54. The van der Waals surface area contributed by atoms with Crippen LogP contribution in [0, 0.1) is 15.9 Å². The number of benzene rings is 3. The van der Waals surface area contributed by atoms with Gasteiger partial charge in [-0.2, -0.15) is 0 Å². The number of hydrogen-bond acceptors (Lipinski definition) is 6. The van der Waals surface area contributed by atoms with Gasteiger partial charge in [-0.3, -0.25) is 19.8 Å². The van der Waals surface area contributed by atoms with E-state index in [-0.39, 0.29) is 29.7 Å². The maximum absolute atomic E-state index is 14.0. The molecule has 0 saturated carbocycles. The second-order valence-electron chi connectivity index (χ2n) is 8.90. The highest BCUT2D eigenvalue weighted by atomic mass is 35.5. The predicted molar refractivity (Wildman–Crippen MR) is 132 cm³/mol. The fourth-order valence-corrected chi connectivity index (χ4v) is 5.71. The van der Waals surface area contributed by atoms with Crippen molar-refractivity contribution < 1.29 is 23.6 Å². The number of carbonyl (C=O) groups excluding carboxylic acids is 1. The summed E-state index contributed by atoms with van der Waals surface area (Å²) < 4.78 is 25.3. The van der Waals surface area contributed by atoms with E-state index >= 15 is 0 Å². The van der Waals surface area contributed by atoms with Crippen molar-refractivity contribution in [3.05, 3.63) is 98.3 Å². The fraction of sp³-hybridized carbons (Fsp3) is 0.269. The molecule has 2 aliphatic rings. The number of ether oxygens (including phenoxy) is 2. The first-order valence-corrected chi connectivity index (χ1v) is 11.7. The second-order valence-corrected chi connectivity index (χ2v) is 9.30. The molecule has 5 rings (SSSR count). The Hall–Kier alpha value is -3.69. The zero-order valence-electron chi connectivity index (χ0n) is 19.5. The minimum Gasteiger partial charge on any atom is -0.493 e. The molecule has 2 heterocycles. The van der Waals surface area contributed by atoms with Gasteiger partial charge in [-0.25, -0.2) is 4.39 Å². The van der Waals surface area contributed by atoms with Crippen LogP contribution in [-0.2, 0) is 16.9 Å². The van der Waals surface area contributed by atoms with Gasteiger partial charge in [-0.05, 0) is 36.9 Å². The third-order valence-corrected chi connectivity index (χ3v) is 7.33. The largest absolute Gasteiger partial charge is 0.493 e. The molecule has 2 aliphatic heterocycles. The minimum atomic E-state index is -1.47. The maximum Gasteiger partial charge on any atom is 0.256 e. The van der Waals surface area contributed by atoms with Crippen LogP contribution in [-0.4, -0.2) is 42.5 Å². The lowest BCUT2D eigenvalue weighted by Gasteiger charge is -2.30. The molecule has 1 amide bonds. The summed E-state index contributed by atoms with van der Waals surface area (Å²) in [7, 11) is 3.14. The Morgan fingerprint density at radius 3 is 2.67 bits per heavy atom. The number of nitrogens with one attached hydrogen (secondary N) is 1. The zero-order valence-corrected chi connectivity index (χ0v) is 20.3. The molecule has 3 aromatic carbocycles. The molecule has 1 N–H and O–H groups in total. The highest BCUT2D eigenvalue weighted by Gasteiger charge is 2.68. The van der Waals surface area contributed by atoms with E-state index in [0.717, 1.165) is 0 Å². The smallest absolute Gasteiger partial charge is 0.256 e. The molecule has 10 heteroatoms. The summed E-state index contributed by atoms with van der Waals surface area (Å²) in [5.74, 6) is -1.05. The average Bonchev–Trinajstić information content (AvgIpc) is 3.33. The van der Waals surface area contributed by atoms with Gasteiger partial charge in [0, 0.05) is 28.3 Å². The van der Waals surface area contributed by atoms with Crippen molar-refractivity contribution in [3.63, 3.8) is 0 Å². The van der Waals surface area contributed by atoms with E-state index < -0.39 is 34.1 Å². The third kappa shape index (κ3) is 3.58. The molecular formula is C26H23ClFN3O5. The number of nitro groups is 1. The number of likely N-dealkylation sites (N-methyl/N-ethyl adjacent to an activating group) is 1. The summed E-state index contributed by atoms with van der Waals surface area (Å²) in [5, 5.41) is 15.5. The highest BCUT2D eigenvalue weighted by Crippen LogP contribution is 2.53. The summed E-state index contributed by atoms with van der Waals surface area (Å²) in [4.78, 5) is 27.2. The molecule has 1 fully saturated rings. The number of carbonyl (C=O) groups is 1. The molecule has 3 aromatic rings. The monoisotopic (exact) mass is 511 g/mol. The van der Waals surface area contributed by atoms with Gasteiger partial charge < -0.3 is 14.8 Å². The lowest BCUT2D eigenvalue weighted by atomic mass is 9.79. The molecule has 0 aromatic heterocycles. The molecule has 0 bridgehead atoms. The SMILES string of the molecule is COc1cc([C@@H]2CN(C)[C@@]3(C(=O)Nc4ccccc43)[C@@H]2[N+](=O)[O-])cc(Cl)c1OCc1ccccc1F. The molecule has 1 saturated heterocycles. The van der Waals surface area contributed by atoms with Crippen LogP contribution in [0.1, 0.15) is 22.6 Å². The number of halogens is 2. The van der Waals surface area contributed by atoms with Gasteiger partial charge in [0.25, 0.3) is 11.9 Å². The van der Waals surface area contributed by atoms with Crippen LogP contribution in [0.4, 0.5) is 10.1 Å². The molecule has 36 heavy (non-hydrogen) atoms. The van der Waals surface area contributed by atoms with Crippen LogP contribution in [0.2, 0.25) is 5.02 Å². The van der Waals surface area contributed by atoms with E-state index in [1.165, 1.54) is 13.2 Å². The van der Waals surface area contributed by atoms with Crippen molar-refractivity contribution in [1.29, 1.82) is 0 Å². The van der Waals surface area contributed by atoms with Crippen LogP contribution in [0.25, 0.3) is 0 Å². The van der Waals surface area contributed by atoms with Crippen LogP contribution < -0.4 is 14.8 Å². The minimum absolute atomic E-state index is 0.0775. The Bertz CT molecular complexity index is 1370. The number of anilines is 1. The first kappa shape index (κ1) is 24.0. The Morgan fingerprint density at radius 2 is 1.94 bits per heavy atom. The fourth-order valence-electron chi connectivity index (χ4n) is 5.44. The van der Waals surface area contributed by atoms with Crippen molar-refractivity contribution >= 4 is 23.2 Å². The van der Waals surface area contributed by atoms with Crippen molar-refractivity contribution in [2.24, 2.45) is 0 Å². The summed E-state index contributed by atoms with van der Waals surface area (Å²) in [6, 6.07) is 15.2. The molecule has 0 unspecified atom stereocenters. The quantitative estimate of drug-likeness (QED) is 0.384. The van der Waals surface area contributed by atoms with Gasteiger partial charge in [0.2, 0.25) is 0 Å². The average molecular weight is 512 g/mol. The molecular weight excluding hydrogens is 489 g/mol. The zero-order chi connectivity index (χ0) is 25.6. The lowest BCUT2D eigenvalue weighted by molar-refractivity contribution is -0.534. The Labute approximate surface area is 211 Å². The van der Waals surface area contributed by atoms with E-state index in [0.29, 0.717) is 22.4 Å². The number of likely N-dealkylation sites (tertiary alicyclic amines) is 1. The summed E-state index contributed by atoms with van der Waals surface area (Å²) in [5.41, 5.74) is 0.555. The molecule has 1 spiro atoms. The summed E-state index contributed by atoms with van der Waals surface area (Å²) >= 11 is 6.56. The maximum atomic E-state index is 14.0. The second kappa shape index (κ2) is 9.07. The van der Waals surface area contributed by atoms with Gasteiger partial charge in [-0.1, -0.05) is 48.0 Å². The van der Waals surface area contributed by atoms with Crippen LogP contribution in [0.15, 0.2) is 60.7 Å². The molecule has 0 radical (unpaired) electrons. The molecule has 0 aliphatic carbocycles. The van der Waals surface area contributed by atoms with E-state index in [9.17, 15) is 19.3 Å². The van der Waals surface area contributed by atoms with Gasteiger partial charge in [-0.15, -0.1) is 0 Å². The normalized spacial score (nSPS) is 22.9. The Balaban J connectivity index is 1.54. The Morgan fingerprint density at radius 1 is 1.22 bits per heavy atom. The summed E-state index contributed by atoms with van der Waals surface area (Å²) in [6.07, 6.45) is 0.